The van der Waals surface area contributed by atoms with Crippen molar-refractivity contribution in [2.24, 2.45) is 5.92 Å². The zero-order valence-corrected chi connectivity index (χ0v) is 23.2. The lowest BCUT2D eigenvalue weighted by molar-refractivity contribution is 0.176. The molecule has 1 aliphatic rings. The molecule has 1 aromatic heterocycles. The summed E-state index contributed by atoms with van der Waals surface area (Å²) in [4.78, 5) is 6.93. The van der Waals surface area contributed by atoms with E-state index in [1.54, 1.807) is 38.4 Å². The highest BCUT2D eigenvalue weighted by Crippen LogP contribution is 2.37. The summed E-state index contributed by atoms with van der Waals surface area (Å²) in [6.45, 7) is 7.98. The van der Waals surface area contributed by atoms with Crippen LogP contribution in [0.5, 0.6) is 23.0 Å². The molecular formula is C29H37FN2O5S. The molecule has 38 heavy (non-hydrogen) atoms. The molecule has 0 unspecified atom stereocenters. The molecule has 0 atom stereocenters. The van der Waals surface area contributed by atoms with Gasteiger partial charge in [-0.05, 0) is 74.5 Å². The topological polar surface area (TPSA) is 78.0 Å². The van der Waals surface area contributed by atoms with Gasteiger partial charge in [-0.15, -0.1) is 0 Å². The average molecular weight is 545 g/mol. The van der Waals surface area contributed by atoms with Crippen molar-refractivity contribution in [1.82, 2.24) is 9.88 Å². The molecular weight excluding hydrogens is 507 g/mol. The number of hydrogen-bond donors (Lipinski definition) is 0. The van der Waals surface area contributed by atoms with Gasteiger partial charge in [-0.3, -0.25) is 4.98 Å². The van der Waals surface area contributed by atoms with E-state index < -0.39 is 15.7 Å². The Labute approximate surface area is 224 Å². The molecule has 0 amide bonds. The van der Waals surface area contributed by atoms with Crippen LogP contribution in [0.2, 0.25) is 0 Å². The fourth-order valence-electron chi connectivity index (χ4n) is 4.72. The number of pyridine rings is 1. The molecule has 206 valence electrons. The third-order valence-electron chi connectivity index (χ3n) is 6.86. The minimum Gasteiger partial charge on any atom is -0.493 e. The van der Waals surface area contributed by atoms with E-state index in [1.807, 2.05) is 6.07 Å². The Hall–Kier alpha value is -2.91. The van der Waals surface area contributed by atoms with Crippen molar-refractivity contribution in [3.8, 4) is 23.0 Å². The summed E-state index contributed by atoms with van der Waals surface area (Å²) in [5.74, 6) is 1.60. The molecule has 2 heterocycles. The summed E-state index contributed by atoms with van der Waals surface area (Å²) < 4.78 is 56.6. The summed E-state index contributed by atoms with van der Waals surface area (Å²) in [5, 5.41) is 0.646. The van der Waals surface area contributed by atoms with Gasteiger partial charge in [0.05, 0.1) is 30.7 Å². The van der Waals surface area contributed by atoms with Crippen LogP contribution in [-0.4, -0.2) is 57.4 Å². The molecule has 1 saturated heterocycles. The summed E-state index contributed by atoms with van der Waals surface area (Å²) in [6.07, 6.45) is 5.54. The lowest BCUT2D eigenvalue weighted by atomic mass is 9.99. The Kier molecular flexibility index (Phi) is 9.44. The minimum absolute atomic E-state index is 0.000499. The molecule has 3 aromatic rings. The predicted molar refractivity (Wildman–Crippen MR) is 148 cm³/mol. The van der Waals surface area contributed by atoms with Crippen LogP contribution in [0.3, 0.4) is 0 Å². The Balaban J connectivity index is 1.45. The summed E-state index contributed by atoms with van der Waals surface area (Å²) >= 11 is 0. The van der Waals surface area contributed by atoms with Gasteiger partial charge in [-0.1, -0.05) is 19.9 Å². The number of sulfone groups is 1. The largest absolute Gasteiger partial charge is 0.493 e. The normalized spacial score (nSPS) is 15.1. The van der Waals surface area contributed by atoms with E-state index in [0.717, 1.165) is 32.0 Å². The number of ether oxygens (including phenoxy) is 3. The summed E-state index contributed by atoms with van der Waals surface area (Å²) in [5.41, 5.74) is 1.02. The molecule has 4 rings (SSSR count). The fraction of sp³-hybridized carbons (Fsp3) is 0.483. The number of hydrogen-bond acceptors (Lipinski definition) is 7. The first-order chi connectivity index (χ1) is 18.3. The molecule has 9 heteroatoms. The van der Waals surface area contributed by atoms with Crippen molar-refractivity contribution in [1.29, 1.82) is 0 Å². The van der Waals surface area contributed by atoms with Gasteiger partial charge >= 0.3 is 0 Å². The third kappa shape index (κ3) is 7.35. The van der Waals surface area contributed by atoms with Crippen LogP contribution in [0.1, 0.15) is 45.1 Å². The number of halogens is 1. The summed E-state index contributed by atoms with van der Waals surface area (Å²) in [7, 11) is -1.70. The zero-order chi connectivity index (χ0) is 27.1. The number of likely N-dealkylation sites (tertiary alicyclic amines) is 1. The monoisotopic (exact) mass is 544 g/mol. The highest BCUT2D eigenvalue weighted by molar-refractivity contribution is 7.90. The highest BCUT2D eigenvalue weighted by atomic mass is 32.2. The van der Waals surface area contributed by atoms with Crippen molar-refractivity contribution in [2.75, 3.05) is 39.1 Å². The minimum atomic E-state index is -3.27. The number of methoxy groups -OCH3 is 1. The zero-order valence-electron chi connectivity index (χ0n) is 22.4. The second-order valence-corrected chi connectivity index (χ2v) is 12.2. The maximum absolute atomic E-state index is 14.8. The van der Waals surface area contributed by atoms with E-state index in [2.05, 4.69) is 16.8 Å². The second kappa shape index (κ2) is 12.8. The number of nitrogens with zero attached hydrogens (tertiary/aromatic N) is 2. The first-order valence-electron chi connectivity index (χ1n) is 13.3. The molecule has 2 aromatic carbocycles. The Morgan fingerprint density at radius 1 is 1.05 bits per heavy atom. The van der Waals surface area contributed by atoms with Crippen molar-refractivity contribution in [3.63, 3.8) is 0 Å². The molecule has 1 aliphatic heterocycles. The molecule has 0 saturated carbocycles. The van der Waals surface area contributed by atoms with E-state index in [0.29, 0.717) is 46.7 Å². The molecule has 0 bridgehead atoms. The van der Waals surface area contributed by atoms with Gasteiger partial charge in [0.15, 0.2) is 32.9 Å². The average Bonchev–Trinajstić information content (AvgIpc) is 2.88. The van der Waals surface area contributed by atoms with Crippen LogP contribution >= 0.6 is 0 Å². The SMILES string of the molecule is CCCS(=O)(=O)Cc1ccc(Oc2ccnc3cc(OCCCN4CCC(C)CC4)c(OC)cc23)c(F)c1. The van der Waals surface area contributed by atoms with Crippen LogP contribution < -0.4 is 14.2 Å². The fourth-order valence-corrected chi connectivity index (χ4v) is 6.17. The number of benzene rings is 2. The van der Waals surface area contributed by atoms with Crippen LogP contribution in [0, 0.1) is 11.7 Å². The van der Waals surface area contributed by atoms with Gasteiger partial charge in [0.2, 0.25) is 0 Å². The van der Waals surface area contributed by atoms with E-state index in [9.17, 15) is 12.8 Å². The number of fused-ring (bicyclic) bond motifs is 1. The standard InChI is InChI=1S/C29H37FN2O5S/c1-4-16-38(33,34)20-22-6-7-27(24(30)17-22)37-26-8-11-31-25-19-29(28(35-3)18-23(25)26)36-15-5-12-32-13-9-21(2)10-14-32/h6-8,11,17-19,21H,4-5,9-10,12-16,20H2,1-3H3. The molecule has 0 aliphatic carbocycles. The number of rotatable bonds is 12. The third-order valence-corrected chi connectivity index (χ3v) is 8.66. The summed E-state index contributed by atoms with van der Waals surface area (Å²) in [6, 6.07) is 9.48. The lowest BCUT2D eigenvalue weighted by Crippen LogP contribution is -2.34. The quantitative estimate of drug-likeness (QED) is 0.259. The second-order valence-electron chi connectivity index (χ2n) is 10.0. The van der Waals surface area contributed by atoms with Crippen LogP contribution in [-0.2, 0) is 15.6 Å². The van der Waals surface area contributed by atoms with Crippen molar-refractivity contribution < 1.29 is 27.0 Å². The van der Waals surface area contributed by atoms with E-state index in [1.165, 1.54) is 25.0 Å². The maximum atomic E-state index is 14.8. The van der Waals surface area contributed by atoms with Gasteiger partial charge in [0.1, 0.15) is 5.75 Å². The van der Waals surface area contributed by atoms with Crippen LogP contribution in [0.4, 0.5) is 4.39 Å². The van der Waals surface area contributed by atoms with Crippen LogP contribution in [0.25, 0.3) is 10.9 Å². The predicted octanol–water partition coefficient (Wildman–Crippen LogP) is 6.00. The van der Waals surface area contributed by atoms with Crippen LogP contribution in [0.15, 0.2) is 42.6 Å². The lowest BCUT2D eigenvalue weighted by Gasteiger charge is -2.30. The van der Waals surface area contributed by atoms with E-state index >= 15 is 0 Å². The van der Waals surface area contributed by atoms with Gasteiger partial charge in [-0.2, -0.15) is 0 Å². The van der Waals surface area contributed by atoms with Crippen molar-refractivity contribution in [3.05, 3.63) is 54.0 Å². The molecule has 0 radical (unpaired) electrons. The van der Waals surface area contributed by atoms with Gasteiger partial charge < -0.3 is 19.1 Å². The van der Waals surface area contributed by atoms with E-state index in [4.69, 9.17) is 14.2 Å². The smallest absolute Gasteiger partial charge is 0.166 e. The Bertz CT molecular complexity index is 1340. The van der Waals surface area contributed by atoms with Gasteiger partial charge in [0, 0.05) is 24.2 Å². The molecule has 7 nitrogen and oxygen atoms in total. The Morgan fingerprint density at radius 3 is 2.55 bits per heavy atom. The van der Waals surface area contributed by atoms with Gasteiger partial charge in [0.25, 0.3) is 0 Å². The molecule has 0 N–H and O–H groups in total. The van der Waals surface area contributed by atoms with Crippen molar-refractivity contribution in [2.45, 2.75) is 45.3 Å². The van der Waals surface area contributed by atoms with Crippen molar-refractivity contribution >= 4 is 20.7 Å². The Morgan fingerprint density at radius 2 is 1.84 bits per heavy atom. The highest BCUT2D eigenvalue weighted by Gasteiger charge is 2.17. The number of aromatic nitrogens is 1. The molecule has 0 spiro atoms. The molecule has 1 fully saturated rings. The van der Waals surface area contributed by atoms with Gasteiger partial charge in [-0.25, -0.2) is 12.8 Å². The van der Waals surface area contributed by atoms with E-state index in [-0.39, 0.29) is 17.3 Å². The maximum Gasteiger partial charge on any atom is 0.166 e. The first-order valence-corrected chi connectivity index (χ1v) is 15.1. The number of piperidine rings is 1. The first kappa shape index (κ1) is 28.1.